The van der Waals surface area contributed by atoms with Crippen molar-refractivity contribution in [2.24, 2.45) is 0 Å². The van der Waals surface area contributed by atoms with Crippen LogP contribution in [0.25, 0.3) is 0 Å². The van der Waals surface area contributed by atoms with E-state index >= 15 is 0 Å². The van der Waals surface area contributed by atoms with Crippen LogP contribution in [0.1, 0.15) is 28.4 Å². The monoisotopic (exact) mass is 283 g/mol. The number of fused-ring (bicyclic) bond motifs is 1. The Kier molecular flexibility index (Phi) is 3.77. The van der Waals surface area contributed by atoms with Crippen molar-refractivity contribution < 1.29 is 14.3 Å². The van der Waals surface area contributed by atoms with Crippen molar-refractivity contribution in [3.05, 3.63) is 59.7 Å². The Bertz CT molecular complexity index is 654. The summed E-state index contributed by atoms with van der Waals surface area (Å²) in [5, 5.41) is 3.07. The quantitative estimate of drug-likeness (QED) is 0.942. The second-order valence-electron chi connectivity index (χ2n) is 4.90. The SMILES string of the molecule is COc1ccccc1C(=O)N[C@H]1CCOc2ccccc21. The molecule has 1 amide bonds. The summed E-state index contributed by atoms with van der Waals surface area (Å²) in [4.78, 5) is 12.5. The number of rotatable bonds is 3. The van der Waals surface area contributed by atoms with Gasteiger partial charge < -0.3 is 14.8 Å². The highest BCUT2D eigenvalue weighted by Crippen LogP contribution is 2.32. The maximum Gasteiger partial charge on any atom is 0.255 e. The predicted molar refractivity (Wildman–Crippen MR) is 79.8 cm³/mol. The minimum absolute atomic E-state index is 0.0348. The average molecular weight is 283 g/mol. The normalized spacial score (nSPS) is 16.5. The first kappa shape index (κ1) is 13.5. The molecule has 0 aliphatic carbocycles. The Hall–Kier alpha value is -2.49. The van der Waals surface area contributed by atoms with Gasteiger partial charge in [-0.1, -0.05) is 30.3 Å². The maximum atomic E-state index is 12.5. The van der Waals surface area contributed by atoms with Crippen LogP contribution < -0.4 is 14.8 Å². The summed E-state index contributed by atoms with van der Waals surface area (Å²) in [5.41, 5.74) is 1.57. The van der Waals surface area contributed by atoms with E-state index in [-0.39, 0.29) is 11.9 Å². The minimum Gasteiger partial charge on any atom is -0.496 e. The van der Waals surface area contributed by atoms with E-state index in [2.05, 4.69) is 5.32 Å². The molecule has 0 unspecified atom stereocenters. The number of para-hydroxylation sites is 2. The average Bonchev–Trinajstić information content (AvgIpc) is 2.55. The van der Waals surface area contributed by atoms with E-state index in [1.54, 1.807) is 19.2 Å². The zero-order chi connectivity index (χ0) is 14.7. The highest BCUT2D eigenvalue weighted by atomic mass is 16.5. The summed E-state index contributed by atoms with van der Waals surface area (Å²) in [5.74, 6) is 1.29. The molecule has 0 bridgehead atoms. The Morgan fingerprint density at radius 1 is 1.19 bits per heavy atom. The zero-order valence-corrected chi connectivity index (χ0v) is 11.8. The van der Waals surface area contributed by atoms with Crippen LogP contribution in [0.4, 0.5) is 0 Å². The number of hydrogen-bond acceptors (Lipinski definition) is 3. The Morgan fingerprint density at radius 2 is 1.95 bits per heavy atom. The molecule has 4 heteroatoms. The second kappa shape index (κ2) is 5.87. The Labute approximate surface area is 123 Å². The number of ether oxygens (including phenoxy) is 2. The van der Waals surface area contributed by atoms with Gasteiger partial charge in [0.15, 0.2) is 0 Å². The minimum atomic E-state index is -0.130. The lowest BCUT2D eigenvalue weighted by Gasteiger charge is -2.26. The fraction of sp³-hybridized carbons (Fsp3) is 0.235. The molecule has 108 valence electrons. The van der Waals surface area contributed by atoms with Crippen molar-refractivity contribution >= 4 is 5.91 Å². The fourth-order valence-electron chi connectivity index (χ4n) is 2.56. The van der Waals surface area contributed by atoms with Crippen molar-refractivity contribution in [1.82, 2.24) is 5.32 Å². The lowest BCUT2D eigenvalue weighted by Crippen LogP contribution is -2.32. The predicted octanol–water partition coefficient (Wildman–Crippen LogP) is 2.95. The molecule has 3 rings (SSSR count). The van der Waals surface area contributed by atoms with Gasteiger partial charge in [0, 0.05) is 12.0 Å². The molecule has 2 aromatic carbocycles. The van der Waals surface area contributed by atoms with Crippen LogP contribution >= 0.6 is 0 Å². The fourth-order valence-corrected chi connectivity index (χ4v) is 2.56. The van der Waals surface area contributed by atoms with Crippen molar-refractivity contribution in [2.75, 3.05) is 13.7 Å². The number of carbonyl (C=O) groups is 1. The Balaban J connectivity index is 1.83. The molecule has 1 heterocycles. The number of benzene rings is 2. The lowest BCUT2D eigenvalue weighted by atomic mass is 10.00. The second-order valence-corrected chi connectivity index (χ2v) is 4.90. The summed E-state index contributed by atoms with van der Waals surface area (Å²) >= 11 is 0. The summed E-state index contributed by atoms with van der Waals surface area (Å²) in [6.07, 6.45) is 0.762. The van der Waals surface area contributed by atoms with Crippen LogP contribution in [0.2, 0.25) is 0 Å². The van der Waals surface area contributed by atoms with Gasteiger partial charge in [-0.2, -0.15) is 0 Å². The van der Waals surface area contributed by atoms with Gasteiger partial charge in [-0.15, -0.1) is 0 Å². The molecular formula is C17H17NO3. The number of methoxy groups -OCH3 is 1. The van der Waals surface area contributed by atoms with E-state index in [1.807, 2.05) is 36.4 Å². The van der Waals surface area contributed by atoms with E-state index in [0.717, 1.165) is 17.7 Å². The molecule has 0 aromatic heterocycles. The third kappa shape index (κ3) is 2.70. The summed E-state index contributed by atoms with van der Waals surface area (Å²) in [6, 6.07) is 15.0. The molecule has 1 atom stereocenters. The van der Waals surface area contributed by atoms with Gasteiger partial charge in [0.2, 0.25) is 0 Å². The molecular weight excluding hydrogens is 266 g/mol. The smallest absolute Gasteiger partial charge is 0.255 e. The van der Waals surface area contributed by atoms with E-state index in [0.29, 0.717) is 17.9 Å². The molecule has 0 saturated heterocycles. The van der Waals surface area contributed by atoms with Crippen molar-refractivity contribution in [3.63, 3.8) is 0 Å². The molecule has 4 nitrogen and oxygen atoms in total. The van der Waals surface area contributed by atoms with Gasteiger partial charge in [0.25, 0.3) is 5.91 Å². The number of nitrogens with one attached hydrogen (secondary N) is 1. The van der Waals surface area contributed by atoms with Crippen LogP contribution in [-0.4, -0.2) is 19.6 Å². The molecule has 1 aliphatic heterocycles. The zero-order valence-electron chi connectivity index (χ0n) is 11.8. The van der Waals surface area contributed by atoms with Crippen LogP contribution in [0.15, 0.2) is 48.5 Å². The first-order chi connectivity index (χ1) is 10.3. The third-order valence-corrected chi connectivity index (χ3v) is 3.62. The highest BCUT2D eigenvalue weighted by molar-refractivity contribution is 5.97. The maximum absolute atomic E-state index is 12.5. The van der Waals surface area contributed by atoms with Crippen LogP contribution in [-0.2, 0) is 0 Å². The standard InChI is InChI=1S/C17H17NO3/c1-20-15-8-4-3-7-13(15)17(19)18-14-10-11-21-16-9-5-2-6-12(14)16/h2-9,14H,10-11H2,1H3,(H,18,19)/t14-/m0/s1. The largest absolute Gasteiger partial charge is 0.496 e. The van der Waals surface area contributed by atoms with Gasteiger partial charge >= 0.3 is 0 Å². The van der Waals surface area contributed by atoms with Gasteiger partial charge in [-0.3, -0.25) is 4.79 Å². The molecule has 0 saturated carbocycles. The summed E-state index contributed by atoms with van der Waals surface area (Å²) < 4.78 is 10.8. The number of hydrogen-bond donors (Lipinski definition) is 1. The van der Waals surface area contributed by atoms with Gasteiger partial charge in [0.05, 0.1) is 25.3 Å². The summed E-state index contributed by atoms with van der Waals surface area (Å²) in [6.45, 7) is 0.605. The van der Waals surface area contributed by atoms with Gasteiger partial charge in [-0.05, 0) is 18.2 Å². The van der Waals surface area contributed by atoms with E-state index in [1.165, 1.54) is 0 Å². The van der Waals surface area contributed by atoms with E-state index in [9.17, 15) is 4.79 Å². The van der Waals surface area contributed by atoms with Gasteiger partial charge in [0.1, 0.15) is 11.5 Å². The first-order valence-electron chi connectivity index (χ1n) is 6.95. The molecule has 1 aliphatic rings. The number of amides is 1. The van der Waals surface area contributed by atoms with Crippen molar-refractivity contribution in [3.8, 4) is 11.5 Å². The van der Waals surface area contributed by atoms with Crippen molar-refractivity contribution in [1.29, 1.82) is 0 Å². The van der Waals surface area contributed by atoms with E-state index < -0.39 is 0 Å². The Morgan fingerprint density at radius 3 is 2.81 bits per heavy atom. The molecule has 0 spiro atoms. The highest BCUT2D eigenvalue weighted by Gasteiger charge is 2.23. The van der Waals surface area contributed by atoms with Crippen LogP contribution in [0.3, 0.4) is 0 Å². The number of carbonyl (C=O) groups excluding carboxylic acids is 1. The molecule has 0 fully saturated rings. The summed E-state index contributed by atoms with van der Waals surface area (Å²) in [7, 11) is 1.57. The van der Waals surface area contributed by atoms with Crippen LogP contribution in [0, 0.1) is 0 Å². The topological polar surface area (TPSA) is 47.6 Å². The molecule has 0 radical (unpaired) electrons. The molecule has 21 heavy (non-hydrogen) atoms. The van der Waals surface area contributed by atoms with Crippen LogP contribution in [0.5, 0.6) is 11.5 Å². The lowest BCUT2D eigenvalue weighted by molar-refractivity contribution is 0.0922. The van der Waals surface area contributed by atoms with Crippen molar-refractivity contribution in [2.45, 2.75) is 12.5 Å². The van der Waals surface area contributed by atoms with E-state index in [4.69, 9.17) is 9.47 Å². The molecule has 1 N–H and O–H groups in total. The third-order valence-electron chi connectivity index (χ3n) is 3.62. The van der Waals surface area contributed by atoms with Gasteiger partial charge in [-0.25, -0.2) is 0 Å². The molecule has 2 aromatic rings. The first-order valence-corrected chi connectivity index (χ1v) is 6.95.